The topological polar surface area (TPSA) is 26.0 Å². The summed E-state index contributed by atoms with van der Waals surface area (Å²) >= 11 is 7.66. The lowest BCUT2D eigenvalue weighted by Gasteiger charge is -2.12. The van der Waals surface area contributed by atoms with Gasteiger partial charge in [0, 0.05) is 21.7 Å². The lowest BCUT2D eigenvalue weighted by atomic mass is 10.00. The molecule has 0 aliphatic rings. The van der Waals surface area contributed by atoms with Crippen LogP contribution in [0.5, 0.6) is 0 Å². The van der Waals surface area contributed by atoms with Gasteiger partial charge in [0.15, 0.2) is 0 Å². The summed E-state index contributed by atoms with van der Waals surface area (Å²) in [6, 6.07) is 16.9. The first kappa shape index (κ1) is 16.4. The van der Waals surface area contributed by atoms with E-state index in [2.05, 4.69) is 38.1 Å². The van der Waals surface area contributed by atoms with E-state index in [-0.39, 0.29) is 6.04 Å². The van der Waals surface area contributed by atoms with E-state index >= 15 is 0 Å². The van der Waals surface area contributed by atoms with E-state index in [0.717, 1.165) is 17.2 Å². The number of nitrogens with two attached hydrogens (primary N) is 1. The van der Waals surface area contributed by atoms with Crippen molar-refractivity contribution in [2.24, 2.45) is 5.73 Å². The molecule has 3 heteroatoms. The molecule has 1 atom stereocenters. The Bertz CT molecular complexity index is 548. The Labute approximate surface area is 136 Å². The first-order valence-electron chi connectivity index (χ1n) is 7.27. The minimum atomic E-state index is 0.163. The maximum absolute atomic E-state index is 6.23. The van der Waals surface area contributed by atoms with E-state index in [1.165, 1.54) is 16.0 Å². The molecule has 0 radical (unpaired) electrons. The highest BCUT2D eigenvalue weighted by Gasteiger charge is 2.06. The van der Waals surface area contributed by atoms with Gasteiger partial charge in [-0.2, -0.15) is 0 Å². The van der Waals surface area contributed by atoms with Crippen LogP contribution in [0.2, 0.25) is 5.02 Å². The van der Waals surface area contributed by atoms with Crippen LogP contribution < -0.4 is 5.73 Å². The number of benzene rings is 2. The molecule has 2 N–H and O–H groups in total. The molecular weight excluding hydrogens is 298 g/mol. The highest BCUT2D eigenvalue weighted by molar-refractivity contribution is 7.99. The van der Waals surface area contributed by atoms with Crippen molar-refractivity contribution < 1.29 is 0 Å². The van der Waals surface area contributed by atoms with Crippen molar-refractivity contribution >= 4 is 23.4 Å². The minimum Gasteiger partial charge on any atom is -0.327 e. The van der Waals surface area contributed by atoms with Crippen molar-refractivity contribution in [1.29, 1.82) is 0 Å². The van der Waals surface area contributed by atoms with Crippen molar-refractivity contribution in [3.05, 3.63) is 64.7 Å². The highest BCUT2D eigenvalue weighted by Crippen LogP contribution is 2.22. The smallest absolute Gasteiger partial charge is 0.0406 e. The molecule has 0 aromatic heterocycles. The third kappa shape index (κ3) is 5.39. The molecule has 0 bridgehead atoms. The van der Waals surface area contributed by atoms with E-state index in [1.807, 2.05) is 24.3 Å². The standard InChI is InChI=1S/C18H22ClNS/c1-13(2)15-5-3-14(4-6-15)11-17(20)12-21-18-9-7-16(19)8-10-18/h3-10,13,17H,11-12,20H2,1-2H3. The predicted octanol–water partition coefficient (Wildman–Crippen LogP) is 5.13. The second kappa shape index (κ2) is 7.88. The number of hydrogen-bond acceptors (Lipinski definition) is 2. The first-order valence-corrected chi connectivity index (χ1v) is 8.63. The Balaban J connectivity index is 1.83. The van der Waals surface area contributed by atoms with Gasteiger partial charge in [0.2, 0.25) is 0 Å². The largest absolute Gasteiger partial charge is 0.327 e. The van der Waals surface area contributed by atoms with Crippen LogP contribution in [0, 0.1) is 0 Å². The van der Waals surface area contributed by atoms with Crippen molar-refractivity contribution in [3.8, 4) is 0 Å². The number of hydrogen-bond donors (Lipinski definition) is 1. The van der Waals surface area contributed by atoms with E-state index < -0.39 is 0 Å². The Morgan fingerprint density at radius 1 is 1.00 bits per heavy atom. The van der Waals surface area contributed by atoms with E-state index in [4.69, 9.17) is 17.3 Å². The molecule has 0 saturated heterocycles. The summed E-state index contributed by atoms with van der Waals surface area (Å²) in [6.07, 6.45) is 0.916. The second-order valence-corrected chi connectivity index (χ2v) is 7.16. The third-order valence-electron chi connectivity index (χ3n) is 3.42. The molecule has 1 nitrogen and oxygen atoms in total. The zero-order valence-corrected chi connectivity index (χ0v) is 14.1. The van der Waals surface area contributed by atoms with Crippen LogP contribution >= 0.6 is 23.4 Å². The summed E-state index contributed by atoms with van der Waals surface area (Å²) in [5.41, 5.74) is 8.92. The fraction of sp³-hybridized carbons (Fsp3) is 0.333. The van der Waals surface area contributed by atoms with Gasteiger partial charge < -0.3 is 5.73 Å². The average molecular weight is 320 g/mol. The van der Waals surface area contributed by atoms with Crippen LogP contribution in [-0.4, -0.2) is 11.8 Å². The van der Waals surface area contributed by atoms with Crippen molar-refractivity contribution in [1.82, 2.24) is 0 Å². The molecule has 21 heavy (non-hydrogen) atoms. The van der Waals surface area contributed by atoms with Gasteiger partial charge in [-0.3, -0.25) is 0 Å². The summed E-state index contributed by atoms with van der Waals surface area (Å²) in [6.45, 7) is 4.42. The molecule has 0 spiro atoms. The van der Waals surface area contributed by atoms with Crippen LogP contribution in [0.4, 0.5) is 0 Å². The van der Waals surface area contributed by atoms with Gasteiger partial charge >= 0.3 is 0 Å². The summed E-state index contributed by atoms with van der Waals surface area (Å²) in [5, 5.41) is 0.772. The SMILES string of the molecule is CC(C)c1ccc(CC(N)CSc2ccc(Cl)cc2)cc1. The van der Waals surface area contributed by atoms with Crippen LogP contribution in [0.3, 0.4) is 0 Å². The molecule has 2 rings (SSSR count). The zero-order valence-electron chi connectivity index (χ0n) is 12.6. The molecule has 2 aromatic carbocycles. The Morgan fingerprint density at radius 3 is 2.19 bits per heavy atom. The summed E-state index contributed by atoms with van der Waals surface area (Å²) < 4.78 is 0. The quantitative estimate of drug-likeness (QED) is 0.747. The zero-order chi connectivity index (χ0) is 15.2. The van der Waals surface area contributed by atoms with Gasteiger partial charge in [0.1, 0.15) is 0 Å². The van der Waals surface area contributed by atoms with E-state index in [1.54, 1.807) is 11.8 Å². The monoisotopic (exact) mass is 319 g/mol. The van der Waals surface area contributed by atoms with Crippen LogP contribution in [0.1, 0.15) is 30.9 Å². The third-order valence-corrected chi connectivity index (χ3v) is 4.87. The molecule has 0 amide bonds. The van der Waals surface area contributed by atoms with Crippen LogP contribution in [0.25, 0.3) is 0 Å². The molecular formula is C18H22ClNS. The van der Waals surface area contributed by atoms with Gasteiger partial charge in [0.25, 0.3) is 0 Å². The fourth-order valence-electron chi connectivity index (χ4n) is 2.13. The second-order valence-electron chi connectivity index (χ2n) is 5.63. The Kier molecular flexibility index (Phi) is 6.16. The fourth-order valence-corrected chi connectivity index (χ4v) is 3.11. The number of halogens is 1. The normalized spacial score (nSPS) is 12.6. The Hall–Kier alpha value is -0.960. The lowest BCUT2D eigenvalue weighted by Crippen LogP contribution is -2.25. The molecule has 0 aliphatic carbocycles. The maximum Gasteiger partial charge on any atom is 0.0406 e. The number of rotatable bonds is 6. The first-order chi connectivity index (χ1) is 10.0. The average Bonchev–Trinajstić information content (AvgIpc) is 2.47. The van der Waals surface area contributed by atoms with Crippen LogP contribution in [0.15, 0.2) is 53.4 Å². The van der Waals surface area contributed by atoms with Gasteiger partial charge in [0.05, 0.1) is 0 Å². The molecule has 0 saturated carbocycles. The molecule has 112 valence electrons. The summed E-state index contributed by atoms with van der Waals surface area (Å²) in [7, 11) is 0. The Morgan fingerprint density at radius 2 is 1.62 bits per heavy atom. The summed E-state index contributed by atoms with van der Waals surface area (Å²) in [5.74, 6) is 1.49. The predicted molar refractivity (Wildman–Crippen MR) is 94.4 cm³/mol. The van der Waals surface area contributed by atoms with Gasteiger partial charge in [-0.25, -0.2) is 0 Å². The van der Waals surface area contributed by atoms with Crippen molar-refractivity contribution in [3.63, 3.8) is 0 Å². The van der Waals surface area contributed by atoms with Gasteiger partial charge in [-0.15, -0.1) is 11.8 Å². The molecule has 2 aromatic rings. The molecule has 0 heterocycles. The van der Waals surface area contributed by atoms with Crippen molar-refractivity contribution in [2.75, 3.05) is 5.75 Å². The van der Waals surface area contributed by atoms with E-state index in [9.17, 15) is 0 Å². The molecule has 0 aliphatic heterocycles. The maximum atomic E-state index is 6.23. The van der Waals surface area contributed by atoms with E-state index in [0.29, 0.717) is 5.92 Å². The molecule has 1 unspecified atom stereocenters. The van der Waals surface area contributed by atoms with Crippen molar-refractivity contribution in [2.45, 2.75) is 37.1 Å². The van der Waals surface area contributed by atoms with Gasteiger partial charge in [-0.1, -0.05) is 49.7 Å². The van der Waals surface area contributed by atoms with Crippen LogP contribution in [-0.2, 0) is 6.42 Å². The minimum absolute atomic E-state index is 0.163. The number of thioether (sulfide) groups is 1. The highest BCUT2D eigenvalue weighted by atomic mass is 35.5. The van der Waals surface area contributed by atoms with Gasteiger partial charge in [-0.05, 0) is 47.7 Å². The lowest BCUT2D eigenvalue weighted by molar-refractivity contribution is 0.747. The summed E-state index contributed by atoms with van der Waals surface area (Å²) in [4.78, 5) is 1.21. The molecule has 0 fully saturated rings.